The number of nitrogens with one attached hydrogen (secondary N) is 2. The fourth-order valence-corrected chi connectivity index (χ4v) is 10.9. The molecule has 0 atom stereocenters. The SMILES string of the molecule is COc1ccc(O)c(N)c1.COc1ccc(O)c([N+](=O)[O-])c1.COc1ccc2oc(=O)[nH]c2c1.COc1ccc2oc(=O)n(Cc3cccc(N)c3)c2c1.COc1ccc2oc(=O)n(Cc3cccc(NC(=O)OCCCN4CCN(C)CC4)c3)c2c1.COc1ccc2oc(=O)n(Cc3cccc([N+](=O)[O-])c3)c2c1. The molecule has 8 N–H and O–H groups in total. The monoisotopic (exact) mass is 1500 g/mol. The Kier molecular flexibility index (Phi) is 27.4. The lowest BCUT2D eigenvalue weighted by molar-refractivity contribution is -0.386. The van der Waals surface area contributed by atoms with Gasteiger partial charge in [0.2, 0.25) is 0 Å². The Bertz CT molecular complexity index is 5530. The Balaban J connectivity index is 0.000000159. The van der Waals surface area contributed by atoms with Gasteiger partial charge in [0.15, 0.2) is 28.1 Å². The van der Waals surface area contributed by atoms with E-state index in [0.29, 0.717) is 121 Å². The quantitative estimate of drug-likeness (QED) is 0.0144. The van der Waals surface area contributed by atoms with Crippen molar-refractivity contribution in [2.24, 2.45) is 0 Å². The molecule has 5 heterocycles. The number of oxazole rings is 4. The number of carbonyl (C=O) groups excluding carboxylic acids is 1. The smallest absolute Gasteiger partial charge is 0.420 e. The maximum atomic E-state index is 12.3. The fraction of sp³-hybridized carbons (Fsp3) is 0.224. The summed E-state index contributed by atoms with van der Waals surface area (Å²) in [7, 11) is 11.3. The zero-order chi connectivity index (χ0) is 78.3. The van der Waals surface area contributed by atoms with Crippen molar-refractivity contribution in [2.75, 3.05) is 106 Å². The largest absolute Gasteiger partial charge is 0.506 e. The van der Waals surface area contributed by atoms with Gasteiger partial charge in [-0.2, -0.15) is 0 Å². The van der Waals surface area contributed by atoms with Crippen LogP contribution in [-0.4, -0.2) is 144 Å². The molecule has 0 aliphatic carbocycles. The van der Waals surface area contributed by atoms with Crippen LogP contribution in [0, 0.1) is 20.2 Å². The topological polar surface area (TPSA) is 430 Å². The number of rotatable bonds is 19. The molecule has 9 aromatic carbocycles. The van der Waals surface area contributed by atoms with E-state index in [4.69, 9.17) is 72.5 Å². The number of methoxy groups -OCH3 is 6. The van der Waals surface area contributed by atoms with Crippen molar-refractivity contribution in [1.82, 2.24) is 28.5 Å². The summed E-state index contributed by atoms with van der Waals surface area (Å²) in [4.78, 5) is 86.4. The van der Waals surface area contributed by atoms with E-state index in [2.05, 4.69) is 27.1 Å². The predicted molar refractivity (Wildman–Crippen MR) is 406 cm³/mol. The first kappa shape index (κ1) is 79.2. The van der Waals surface area contributed by atoms with E-state index in [1.54, 1.807) is 136 Å². The highest BCUT2D eigenvalue weighted by atomic mass is 16.6. The average molecular weight is 1500 g/mol. The van der Waals surface area contributed by atoms with Gasteiger partial charge in [0.25, 0.3) is 5.69 Å². The first-order valence-corrected chi connectivity index (χ1v) is 33.3. The highest BCUT2D eigenvalue weighted by Gasteiger charge is 2.18. The molecule has 1 amide bonds. The number of anilines is 3. The Morgan fingerprint density at radius 2 is 0.945 bits per heavy atom. The molecule has 14 rings (SSSR count). The number of hydrogen-bond donors (Lipinski definition) is 6. The van der Waals surface area contributed by atoms with Gasteiger partial charge in [-0.1, -0.05) is 36.4 Å². The molecule has 1 aliphatic rings. The summed E-state index contributed by atoms with van der Waals surface area (Å²) in [6.07, 6.45) is 0.318. The second kappa shape index (κ2) is 37.7. The van der Waals surface area contributed by atoms with Crippen LogP contribution >= 0.6 is 0 Å². The number of aromatic nitrogens is 4. The van der Waals surface area contributed by atoms with E-state index < -0.39 is 39.0 Å². The third-order valence-corrected chi connectivity index (χ3v) is 16.6. The van der Waals surface area contributed by atoms with Crippen molar-refractivity contribution >= 4 is 78.9 Å². The summed E-state index contributed by atoms with van der Waals surface area (Å²) in [5, 5.41) is 41.8. The van der Waals surface area contributed by atoms with Gasteiger partial charge < -0.3 is 82.3 Å². The molecule has 33 nitrogen and oxygen atoms in total. The van der Waals surface area contributed by atoms with Crippen molar-refractivity contribution in [2.45, 2.75) is 26.1 Å². The number of piperazine rings is 1. The lowest BCUT2D eigenvalue weighted by Crippen LogP contribution is -2.44. The fourth-order valence-electron chi connectivity index (χ4n) is 10.9. The highest BCUT2D eigenvalue weighted by Crippen LogP contribution is 2.31. The lowest BCUT2D eigenvalue weighted by atomic mass is 10.2. The van der Waals surface area contributed by atoms with Crippen LogP contribution in [0.4, 0.5) is 33.2 Å². The number of nitrogen functional groups attached to an aromatic ring is 2. The number of fused-ring (bicyclic) bond motifs is 4. The van der Waals surface area contributed by atoms with Crippen molar-refractivity contribution in [3.8, 4) is 46.0 Å². The Morgan fingerprint density at radius 1 is 0.505 bits per heavy atom. The van der Waals surface area contributed by atoms with Gasteiger partial charge in [-0.25, -0.2) is 24.0 Å². The number of nitrogens with two attached hydrogens (primary N) is 2. The number of likely N-dealkylation sites (N-methyl/N-ethyl adjacent to an activating group) is 1. The molecule has 1 aliphatic heterocycles. The number of carbonyl (C=O) groups is 1. The molecule has 570 valence electrons. The summed E-state index contributed by atoms with van der Waals surface area (Å²) in [5.41, 5.74) is 19.4. The summed E-state index contributed by atoms with van der Waals surface area (Å²) in [6, 6.07) is 50.1. The minimum atomic E-state index is -0.669. The molecule has 109 heavy (non-hydrogen) atoms. The Morgan fingerprint density at radius 3 is 1.43 bits per heavy atom. The molecule has 1 fully saturated rings. The molecule has 0 saturated carbocycles. The first-order valence-electron chi connectivity index (χ1n) is 33.3. The van der Waals surface area contributed by atoms with Gasteiger partial charge in [-0.3, -0.25) is 44.2 Å². The number of aromatic amines is 1. The zero-order valence-electron chi connectivity index (χ0n) is 60.2. The summed E-state index contributed by atoms with van der Waals surface area (Å²) in [6.45, 7) is 6.44. The number of aromatic hydroxyl groups is 2. The van der Waals surface area contributed by atoms with Gasteiger partial charge in [0.05, 0.1) is 113 Å². The number of non-ortho nitro benzene ring substituents is 1. The van der Waals surface area contributed by atoms with Crippen molar-refractivity contribution in [3.05, 3.63) is 261 Å². The summed E-state index contributed by atoms with van der Waals surface area (Å²) in [5.74, 6) is 1.53. The number of phenols is 2. The minimum Gasteiger partial charge on any atom is -0.506 e. The number of ether oxygens (including phenoxy) is 7. The molecule has 0 radical (unpaired) electrons. The number of amides is 1. The number of phenolic OH excluding ortho intramolecular Hbond substituents is 2. The van der Waals surface area contributed by atoms with E-state index in [1.807, 2.05) is 42.5 Å². The molecular weight excluding hydrogens is 1420 g/mol. The van der Waals surface area contributed by atoms with E-state index in [9.17, 15) is 44.2 Å². The summed E-state index contributed by atoms with van der Waals surface area (Å²) >= 11 is 0. The van der Waals surface area contributed by atoms with Crippen LogP contribution < -0.4 is 68.2 Å². The van der Waals surface area contributed by atoms with Gasteiger partial charge in [0.1, 0.15) is 40.2 Å². The van der Waals surface area contributed by atoms with Gasteiger partial charge >= 0.3 is 34.8 Å². The molecule has 13 aromatic rings. The van der Waals surface area contributed by atoms with Gasteiger partial charge in [-0.05, 0) is 127 Å². The maximum absolute atomic E-state index is 12.3. The molecule has 1 saturated heterocycles. The van der Waals surface area contributed by atoms with Crippen LogP contribution in [0.5, 0.6) is 46.0 Å². The van der Waals surface area contributed by atoms with Crippen molar-refractivity contribution in [1.29, 1.82) is 0 Å². The number of nitro groups is 2. The van der Waals surface area contributed by atoms with Gasteiger partial charge in [-0.15, -0.1) is 0 Å². The van der Waals surface area contributed by atoms with Crippen LogP contribution in [0.25, 0.3) is 44.4 Å². The van der Waals surface area contributed by atoms with Gasteiger partial charge in [0, 0.05) is 86.6 Å². The molecule has 33 heteroatoms. The average Bonchev–Trinajstić information content (AvgIpc) is 1.66. The minimum absolute atomic E-state index is 0.0177. The molecule has 0 spiro atoms. The second-order valence-corrected chi connectivity index (χ2v) is 23.9. The lowest BCUT2D eigenvalue weighted by Gasteiger charge is -2.32. The van der Waals surface area contributed by atoms with E-state index in [1.165, 1.54) is 53.7 Å². The number of H-pyrrole nitrogens is 1. The molecular formula is C76H79N11O22. The van der Waals surface area contributed by atoms with Crippen molar-refractivity contribution < 1.29 is 75.7 Å². The zero-order valence-corrected chi connectivity index (χ0v) is 60.2. The normalized spacial score (nSPS) is 11.7. The molecule has 4 aromatic heterocycles. The van der Waals surface area contributed by atoms with E-state index in [-0.39, 0.29) is 29.4 Å². The number of hydrogen-bond acceptors (Lipinski definition) is 26. The van der Waals surface area contributed by atoms with Crippen LogP contribution in [0.15, 0.2) is 219 Å². The standard InChI is InChI=1S/C24H30N4O5.C15H12N2O5.C15H14N2O3.C8H7NO3.C7H7NO4.C7H9NO2/c1-26-10-12-27(13-11-26)9-4-14-32-23(29)25-19-6-3-5-18(15-19)17-28-21-16-20(31-2)7-8-22(21)33-24(28)30;1-21-12-5-6-14-13(8-12)16(15(18)22-14)9-10-3-2-4-11(7-10)17(19)20;1-19-12-5-6-14-13(8-12)17(15(18)20-14)9-10-3-2-4-11(16)7-10;1-11-5-2-3-7-6(4-5)9-8(10)12-7;1-12-5-2-3-7(9)6(4-5)8(10)11;1-10-5-2-3-7(9)6(8)4-5/h3,5-8,15-16H,4,9-14,17H2,1-2H3,(H,25,29);2-8H,9H2,1H3;2-8H,9,16H2,1H3;2-4H,1H3,(H,9,10);2-4,9H,1H3;2-4,9H,8H2,1H3. The van der Waals surface area contributed by atoms with Crippen LogP contribution in [-0.2, 0) is 24.4 Å². The van der Waals surface area contributed by atoms with E-state index in [0.717, 1.165) is 56.3 Å². The third-order valence-electron chi connectivity index (χ3n) is 16.6. The van der Waals surface area contributed by atoms with Crippen molar-refractivity contribution in [3.63, 3.8) is 0 Å². The van der Waals surface area contributed by atoms with Crippen LogP contribution in [0.2, 0.25) is 0 Å². The number of nitrogens with zero attached hydrogens (tertiary/aromatic N) is 7. The second-order valence-electron chi connectivity index (χ2n) is 23.9. The third kappa shape index (κ3) is 21.8. The molecule has 0 unspecified atom stereocenters. The van der Waals surface area contributed by atoms with Crippen LogP contribution in [0.1, 0.15) is 23.1 Å². The Labute approximate surface area is 619 Å². The Hall–Kier alpha value is -14.0. The predicted octanol–water partition coefficient (Wildman–Crippen LogP) is 11.1. The number of benzene rings is 9. The van der Waals surface area contributed by atoms with Crippen LogP contribution in [0.3, 0.4) is 0 Å². The maximum Gasteiger partial charge on any atom is 0.420 e. The number of nitro benzene ring substituents is 2. The highest BCUT2D eigenvalue weighted by molar-refractivity contribution is 5.85. The van der Waals surface area contributed by atoms with E-state index >= 15 is 0 Å². The summed E-state index contributed by atoms with van der Waals surface area (Å²) < 4.78 is 60.5. The molecule has 0 bridgehead atoms. The first-order chi connectivity index (χ1) is 52.4.